The van der Waals surface area contributed by atoms with Gasteiger partial charge in [-0.25, -0.2) is 4.79 Å². The van der Waals surface area contributed by atoms with Crippen molar-refractivity contribution in [2.75, 3.05) is 12.9 Å². The topological polar surface area (TPSA) is 86.1 Å². The molecule has 160 valence electrons. The lowest BCUT2D eigenvalue weighted by Gasteiger charge is -2.14. The van der Waals surface area contributed by atoms with Gasteiger partial charge in [0, 0.05) is 30.2 Å². The molecular weight excluding hydrogens is 412 g/mol. The number of carbonyl (C=O) groups excluding carboxylic acids is 1. The lowest BCUT2D eigenvalue weighted by atomic mass is 10.2. The Morgan fingerprint density at radius 1 is 1.23 bits per heavy atom. The molecule has 1 aromatic carbocycles. The fourth-order valence-corrected chi connectivity index (χ4v) is 4.62. The van der Waals surface area contributed by atoms with E-state index >= 15 is 0 Å². The van der Waals surface area contributed by atoms with Gasteiger partial charge < -0.3 is 10.1 Å². The maximum atomic E-state index is 12.7. The molecule has 3 aromatic rings. The highest BCUT2D eigenvalue weighted by Gasteiger charge is 2.22. The van der Waals surface area contributed by atoms with E-state index in [1.54, 1.807) is 24.1 Å². The molecule has 1 aliphatic rings. The Morgan fingerprint density at radius 2 is 2.10 bits per heavy atom. The Hall–Kier alpha value is -3.13. The summed E-state index contributed by atoms with van der Waals surface area (Å²) in [5.41, 5.74) is 3.79. The third-order valence-electron chi connectivity index (χ3n) is 5.23. The molecule has 0 radical (unpaired) electrons. The summed E-state index contributed by atoms with van der Waals surface area (Å²) in [4.78, 5) is 33.5. The van der Waals surface area contributed by atoms with Crippen LogP contribution >= 0.6 is 11.8 Å². The molecule has 8 heteroatoms. The minimum atomic E-state index is -0.274. The third kappa shape index (κ3) is 5.14. The predicted molar refractivity (Wildman–Crippen MR) is 119 cm³/mol. The van der Waals surface area contributed by atoms with Gasteiger partial charge in [-0.05, 0) is 48.6 Å². The quantitative estimate of drug-likeness (QED) is 0.432. The smallest absolute Gasteiger partial charge is 0.349 e. The zero-order chi connectivity index (χ0) is 21.6. The molecule has 0 fully saturated rings. The molecule has 0 saturated carbocycles. The first-order valence-electron chi connectivity index (χ1n) is 10.2. The van der Waals surface area contributed by atoms with Crippen molar-refractivity contribution < 1.29 is 9.53 Å². The number of amides is 1. The molecule has 0 unspecified atom stereocenters. The molecule has 0 atom stereocenters. The second-order valence-corrected chi connectivity index (χ2v) is 8.31. The highest BCUT2D eigenvalue weighted by molar-refractivity contribution is 7.99. The summed E-state index contributed by atoms with van der Waals surface area (Å²) in [7, 11) is 1.62. The Balaban J connectivity index is 1.42. The number of thioether (sulfide) groups is 1. The molecule has 0 aliphatic heterocycles. The fourth-order valence-electron chi connectivity index (χ4n) is 3.71. The largest absolute Gasteiger partial charge is 0.497 e. The van der Waals surface area contributed by atoms with Gasteiger partial charge in [0.1, 0.15) is 10.8 Å². The third-order valence-corrected chi connectivity index (χ3v) is 6.25. The number of carbonyl (C=O) groups is 1. The summed E-state index contributed by atoms with van der Waals surface area (Å²) in [5.74, 6) is 0.879. The van der Waals surface area contributed by atoms with Crippen LogP contribution in [0.1, 0.15) is 28.8 Å². The van der Waals surface area contributed by atoms with Crippen LogP contribution in [0.3, 0.4) is 0 Å². The number of hydrogen-bond acceptors (Lipinski definition) is 6. The van der Waals surface area contributed by atoms with Crippen molar-refractivity contribution in [1.29, 1.82) is 0 Å². The van der Waals surface area contributed by atoms with E-state index in [-0.39, 0.29) is 17.3 Å². The first-order valence-corrected chi connectivity index (χ1v) is 11.2. The molecule has 2 aromatic heterocycles. The number of hydrogen-bond donors (Lipinski definition) is 1. The van der Waals surface area contributed by atoms with E-state index in [2.05, 4.69) is 15.3 Å². The van der Waals surface area contributed by atoms with Crippen molar-refractivity contribution in [3.63, 3.8) is 0 Å². The van der Waals surface area contributed by atoms with Crippen LogP contribution in [-0.2, 0) is 30.7 Å². The lowest BCUT2D eigenvalue weighted by Crippen LogP contribution is -2.28. The monoisotopic (exact) mass is 436 g/mol. The van der Waals surface area contributed by atoms with Gasteiger partial charge in [0.05, 0.1) is 19.4 Å². The molecule has 31 heavy (non-hydrogen) atoms. The average Bonchev–Trinajstić information content (AvgIpc) is 3.29. The van der Waals surface area contributed by atoms with E-state index in [1.807, 2.05) is 36.4 Å². The second-order valence-electron chi connectivity index (χ2n) is 7.34. The van der Waals surface area contributed by atoms with Gasteiger partial charge in [-0.15, -0.1) is 0 Å². The van der Waals surface area contributed by atoms with E-state index in [1.165, 1.54) is 11.8 Å². The zero-order valence-electron chi connectivity index (χ0n) is 17.3. The van der Waals surface area contributed by atoms with Crippen LogP contribution in [0, 0.1) is 0 Å². The maximum absolute atomic E-state index is 12.7. The van der Waals surface area contributed by atoms with Gasteiger partial charge in [0.15, 0.2) is 0 Å². The summed E-state index contributed by atoms with van der Waals surface area (Å²) in [6.07, 6.45) is 6.20. The molecule has 0 saturated heterocycles. The van der Waals surface area contributed by atoms with Crippen molar-refractivity contribution in [2.45, 2.75) is 37.4 Å². The standard InChI is InChI=1S/C23H24N4O3S/c1-30-18-7-2-5-16(11-18)13-25-21(28)15-31-22-19-8-3-9-20(19)27(23(29)26-22)14-17-6-4-10-24-12-17/h2,4-7,10-12H,3,8-9,13-15H2,1H3,(H,25,28). The van der Waals surface area contributed by atoms with Crippen molar-refractivity contribution in [2.24, 2.45) is 0 Å². The summed E-state index contributed by atoms with van der Waals surface area (Å²) >= 11 is 1.33. The van der Waals surface area contributed by atoms with E-state index in [4.69, 9.17) is 4.74 Å². The van der Waals surface area contributed by atoms with E-state index in [0.717, 1.165) is 47.4 Å². The highest BCUT2D eigenvalue weighted by Crippen LogP contribution is 2.29. The van der Waals surface area contributed by atoms with Crippen LogP contribution < -0.4 is 15.7 Å². The molecule has 0 bridgehead atoms. The van der Waals surface area contributed by atoms with Gasteiger partial charge >= 0.3 is 5.69 Å². The van der Waals surface area contributed by atoms with Crippen LogP contribution in [0.25, 0.3) is 0 Å². The highest BCUT2D eigenvalue weighted by atomic mass is 32.2. The first kappa shape index (κ1) is 21.1. The normalized spacial score (nSPS) is 12.4. The number of rotatable bonds is 8. The summed E-state index contributed by atoms with van der Waals surface area (Å²) in [5, 5.41) is 3.59. The van der Waals surface area contributed by atoms with Crippen molar-refractivity contribution >= 4 is 17.7 Å². The Bertz CT molecular complexity index is 1130. The molecular formula is C23H24N4O3S. The number of ether oxygens (including phenoxy) is 1. The average molecular weight is 437 g/mol. The summed E-state index contributed by atoms with van der Waals surface area (Å²) < 4.78 is 6.95. The number of aromatic nitrogens is 3. The number of pyridine rings is 1. The van der Waals surface area contributed by atoms with Gasteiger partial charge in [0.2, 0.25) is 5.91 Å². The molecule has 0 spiro atoms. The number of nitrogens with zero attached hydrogens (tertiary/aromatic N) is 3. The molecule has 1 N–H and O–H groups in total. The Labute approximate surface area is 184 Å². The zero-order valence-corrected chi connectivity index (χ0v) is 18.2. The van der Waals surface area contributed by atoms with Gasteiger partial charge in [-0.1, -0.05) is 30.0 Å². The number of nitrogens with one attached hydrogen (secondary N) is 1. The van der Waals surface area contributed by atoms with Crippen molar-refractivity contribution in [1.82, 2.24) is 19.9 Å². The second kappa shape index (κ2) is 9.78. The maximum Gasteiger partial charge on any atom is 0.349 e. The van der Waals surface area contributed by atoms with Crippen LogP contribution in [0.15, 0.2) is 58.6 Å². The molecule has 1 amide bonds. The number of methoxy groups -OCH3 is 1. The molecule has 1 aliphatic carbocycles. The minimum absolute atomic E-state index is 0.0964. The molecule has 2 heterocycles. The van der Waals surface area contributed by atoms with E-state index < -0.39 is 0 Å². The lowest BCUT2D eigenvalue weighted by molar-refractivity contribution is -0.118. The first-order chi connectivity index (χ1) is 15.1. The Kier molecular flexibility index (Phi) is 6.66. The summed E-state index contributed by atoms with van der Waals surface area (Å²) in [6, 6.07) is 11.4. The minimum Gasteiger partial charge on any atom is -0.497 e. The van der Waals surface area contributed by atoms with E-state index in [0.29, 0.717) is 18.1 Å². The molecule has 4 rings (SSSR count). The van der Waals surface area contributed by atoms with Gasteiger partial charge in [-0.3, -0.25) is 14.3 Å². The molecule has 7 nitrogen and oxygen atoms in total. The SMILES string of the molecule is COc1cccc(CNC(=O)CSc2nc(=O)n(Cc3cccnc3)c3c2CCC3)c1. The van der Waals surface area contributed by atoms with Crippen LogP contribution in [0.5, 0.6) is 5.75 Å². The van der Waals surface area contributed by atoms with Gasteiger partial charge in [0.25, 0.3) is 0 Å². The van der Waals surface area contributed by atoms with Crippen LogP contribution in [0.4, 0.5) is 0 Å². The number of benzene rings is 1. The predicted octanol–water partition coefficient (Wildman–Crippen LogP) is 2.59. The Morgan fingerprint density at radius 3 is 2.90 bits per heavy atom. The fraction of sp³-hybridized carbons (Fsp3) is 0.304. The van der Waals surface area contributed by atoms with E-state index in [9.17, 15) is 9.59 Å². The van der Waals surface area contributed by atoms with Crippen LogP contribution in [0.2, 0.25) is 0 Å². The summed E-state index contributed by atoms with van der Waals surface area (Å²) in [6.45, 7) is 0.892. The number of fused-ring (bicyclic) bond motifs is 1. The van der Waals surface area contributed by atoms with Gasteiger partial charge in [-0.2, -0.15) is 4.98 Å². The van der Waals surface area contributed by atoms with Crippen LogP contribution in [-0.4, -0.2) is 33.3 Å². The van der Waals surface area contributed by atoms with Crippen molar-refractivity contribution in [3.8, 4) is 5.75 Å². The van der Waals surface area contributed by atoms with Crippen molar-refractivity contribution in [3.05, 3.63) is 81.7 Å².